The Morgan fingerprint density at radius 1 is 1.15 bits per heavy atom. The Balaban J connectivity index is 4.78. The zero-order chi connectivity index (χ0) is 20.2. The third-order valence-corrected chi connectivity index (χ3v) is 5.90. The quantitative estimate of drug-likeness (QED) is 0.247. The molecule has 8 heteroatoms. The van der Waals surface area contributed by atoms with E-state index in [1.165, 1.54) is 14.2 Å². The largest absolute Gasteiger partial charge is 0.466 e. The van der Waals surface area contributed by atoms with E-state index in [-0.39, 0.29) is 18.9 Å². The van der Waals surface area contributed by atoms with Gasteiger partial charge >= 0.3 is 12.1 Å². The van der Waals surface area contributed by atoms with Crippen LogP contribution in [-0.2, 0) is 23.4 Å². The summed E-state index contributed by atoms with van der Waals surface area (Å²) < 4.78 is 28.0. The number of amides is 1. The second kappa shape index (κ2) is 12.1. The number of alkyl carbamates (subject to hydrolysis) is 1. The van der Waals surface area contributed by atoms with Gasteiger partial charge in [0.2, 0.25) is 7.37 Å². The predicted molar refractivity (Wildman–Crippen MR) is 103 cm³/mol. The van der Waals surface area contributed by atoms with Crippen molar-refractivity contribution in [3.05, 3.63) is 11.6 Å². The second-order valence-electron chi connectivity index (χ2n) is 7.02. The maximum Gasteiger partial charge on any atom is 0.407 e. The van der Waals surface area contributed by atoms with Gasteiger partial charge in [0.15, 0.2) is 0 Å². The molecule has 0 aliphatic carbocycles. The molecule has 0 aliphatic rings. The second-order valence-corrected chi connectivity index (χ2v) is 9.78. The molecule has 152 valence electrons. The molecule has 0 saturated carbocycles. The normalized spacial score (nSPS) is 14.5. The molecule has 0 rings (SSSR count). The van der Waals surface area contributed by atoms with Gasteiger partial charge in [-0.1, -0.05) is 25.8 Å². The van der Waals surface area contributed by atoms with E-state index in [0.29, 0.717) is 5.57 Å². The molecule has 26 heavy (non-hydrogen) atoms. The van der Waals surface area contributed by atoms with E-state index in [9.17, 15) is 14.2 Å². The maximum atomic E-state index is 12.9. The van der Waals surface area contributed by atoms with Gasteiger partial charge in [-0.2, -0.15) is 0 Å². The van der Waals surface area contributed by atoms with Crippen LogP contribution in [0.2, 0.25) is 0 Å². The molecule has 0 fully saturated rings. The highest BCUT2D eigenvalue weighted by atomic mass is 31.2. The highest BCUT2D eigenvalue weighted by Crippen LogP contribution is 2.47. The van der Waals surface area contributed by atoms with Crippen molar-refractivity contribution in [3.8, 4) is 0 Å². The van der Waals surface area contributed by atoms with Crippen molar-refractivity contribution in [1.29, 1.82) is 0 Å². The molecule has 1 atom stereocenters. The highest BCUT2D eigenvalue weighted by Gasteiger charge is 2.27. The van der Waals surface area contributed by atoms with Crippen LogP contribution in [0, 0.1) is 0 Å². The summed E-state index contributed by atoms with van der Waals surface area (Å²) in [7, 11) is -0.483. The van der Waals surface area contributed by atoms with Crippen molar-refractivity contribution in [1.82, 2.24) is 5.32 Å². The lowest BCUT2D eigenvalue weighted by Crippen LogP contribution is -2.34. The minimum absolute atomic E-state index is 0.0156. The van der Waals surface area contributed by atoms with E-state index in [2.05, 4.69) is 12.2 Å². The van der Waals surface area contributed by atoms with Gasteiger partial charge in [0, 0.05) is 25.4 Å². The fourth-order valence-corrected chi connectivity index (χ4v) is 3.85. The number of nitrogens with one attached hydrogen (secondary N) is 1. The Labute approximate surface area is 157 Å². The van der Waals surface area contributed by atoms with Crippen molar-refractivity contribution in [2.75, 3.05) is 33.1 Å². The lowest BCUT2D eigenvalue weighted by molar-refractivity contribution is -0.136. The van der Waals surface area contributed by atoms with Crippen molar-refractivity contribution in [2.45, 2.75) is 59.0 Å². The van der Waals surface area contributed by atoms with Crippen LogP contribution in [0.1, 0.15) is 53.4 Å². The van der Waals surface area contributed by atoms with E-state index in [0.717, 1.165) is 25.7 Å². The number of unbranched alkanes of at least 4 members (excludes halogenated alkanes) is 3. The van der Waals surface area contributed by atoms with Crippen LogP contribution in [0.25, 0.3) is 0 Å². The maximum absolute atomic E-state index is 12.9. The summed E-state index contributed by atoms with van der Waals surface area (Å²) >= 11 is 0. The molecule has 0 heterocycles. The summed E-state index contributed by atoms with van der Waals surface area (Å²) in [6.45, 7) is 7.52. The Bertz CT molecular complexity index is 524. The number of hydrogen-bond donors (Lipinski definition) is 1. The summed E-state index contributed by atoms with van der Waals surface area (Å²) in [4.78, 5) is 23.6. The minimum Gasteiger partial charge on any atom is -0.466 e. The van der Waals surface area contributed by atoms with E-state index in [1.54, 1.807) is 26.8 Å². The lowest BCUT2D eigenvalue weighted by Gasteiger charge is -2.21. The van der Waals surface area contributed by atoms with Crippen LogP contribution >= 0.6 is 7.37 Å². The first kappa shape index (κ1) is 24.7. The fourth-order valence-electron chi connectivity index (χ4n) is 2.15. The Hall–Kier alpha value is -1.33. The molecule has 1 N–H and O–H groups in total. The predicted octanol–water partition coefficient (Wildman–Crippen LogP) is 4.12. The number of rotatable bonds is 11. The minimum atomic E-state index is -3.13. The molecule has 0 saturated heterocycles. The molecule has 7 nitrogen and oxygen atoms in total. The van der Waals surface area contributed by atoms with Crippen LogP contribution in [0.5, 0.6) is 0 Å². The van der Waals surface area contributed by atoms with Gasteiger partial charge < -0.3 is 19.3 Å². The lowest BCUT2D eigenvalue weighted by atomic mass is 10.1. The molecule has 0 radical (unpaired) electrons. The topological polar surface area (TPSA) is 90.9 Å². The van der Waals surface area contributed by atoms with E-state index in [4.69, 9.17) is 14.0 Å². The number of carbonyl (C=O) groups is 2. The smallest absolute Gasteiger partial charge is 0.407 e. The van der Waals surface area contributed by atoms with E-state index in [1.807, 2.05) is 0 Å². The van der Waals surface area contributed by atoms with Gasteiger partial charge in [0.05, 0.1) is 13.3 Å². The first-order valence-electron chi connectivity index (χ1n) is 8.95. The number of allylic oxidation sites excluding steroid dienone is 1. The van der Waals surface area contributed by atoms with Gasteiger partial charge in [-0.15, -0.1) is 0 Å². The van der Waals surface area contributed by atoms with Crippen LogP contribution < -0.4 is 5.32 Å². The van der Waals surface area contributed by atoms with Crippen molar-refractivity contribution >= 4 is 19.4 Å². The average Bonchev–Trinajstić information content (AvgIpc) is 2.55. The number of methoxy groups -OCH3 is 1. The number of hydrogen-bond acceptors (Lipinski definition) is 6. The molecule has 0 aromatic rings. The highest BCUT2D eigenvalue weighted by molar-refractivity contribution is 7.59. The third kappa shape index (κ3) is 11.3. The first-order valence-corrected chi connectivity index (χ1v) is 10.9. The Morgan fingerprint density at radius 3 is 2.31 bits per heavy atom. The molecular formula is C18H34NO6P. The van der Waals surface area contributed by atoms with Crippen molar-refractivity contribution in [2.24, 2.45) is 0 Å². The van der Waals surface area contributed by atoms with Crippen molar-refractivity contribution in [3.63, 3.8) is 0 Å². The molecular weight excluding hydrogens is 357 g/mol. The monoisotopic (exact) mass is 391 g/mol. The molecule has 1 amide bonds. The van der Waals surface area contributed by atoms with Crippen LogP contribution in [0.4, 0.5) is 4.79 Å². The van der Waals surface area contributed by atoms with Gasteiger partial charge in [0.25, 0.3) is 0 Å². The first-order chi connectivity index (χ1) is 12.1. The van der Waals surface area contributed by atoms with Gasteiger partial charge in [-0.25, -0.2) is 9.59 Å². The van der Waals surface area contributed by atoms with Gasteiger partial charge in [-0.05, 0) is 33.6 Å². The number of carbonyl (C=O) groups excluding carboxylic acids is 2. The average molecular weight is 391 g/mol. The van der Waals surface area contributed by atoms with Crippen molar-refractivity contribution < 1.29 is 28.2 Å². The zero-order valence-corrected chi connectivity index (χ0v) is 17.8. The van der Waals surface area contributed by atoms with Gasteiger partial charge in [-0.3, -0.25) is 4.57 Å². The standard InChI is InChI=1S/C18H34NO6P/c1-7-8-9-10-11-15(16(20)23-5)14-26(22,24-6)13-12-19-17(21)25-18(2,3)4/h11H,7-10,12-14H2,1-6H3,(H,19,21). The molecule has 1 unspecified atom stereocenters. The third-order valence-electron chi connectivity index (χ3n) is 3.51. The Morgan fingerprint density at radius 2 is 1.81 bits per heavy atom. The summed E-state index contributed by atoms with van der Waals surface area (Å²) in [5, 5.41) is 2.56. The number of ether oxygens (including phenoxy) is 2. The van der Waals surface area contributed by atoms with Gasteiger partial charge in [0.1, 0.15) is 5.60 Å². The molecule has 0 spiro atoms. The SMILES string of the molecule is CCCCCC=C(CP(=O)(CCNC(=O)OC(C)(C)C)OC)C(=O)OC. The van der Waals surface area contributed by atoms with Crippen LogP contribution in [0.3, 0.4) is 0 Å². The summed E-state index contributed by atoms with van der Waals surface area (Å²) in [6.07, 6.45) is 5.09. The molecule has 0 aliphatic heterocycles. The molecule has 0 aromatic carbocycles. The van der Waals surface area contributed by atoms with E-state index >= 15 is 0 Å². The van der Waals surface area contributed by atoms with Crippen LogP contribution in [-0.4, -0.2) is 50.8 Å². The number of esters is 1. The summed E-state index contributed by atoms with van der Waals surface area (Å²) in [6, 6.07) is 0. The summed E-state index contributed by atoms with van der Waals surface area (Å²) in [5.41, 5.74) is -0.250. The summed E-state index contributed by atoms with van der Waals surface area (Å²) in [5.74, 6) is -0.501. The molecule has 0 aromatic heterocycles. The van der Waals surface area contributed by atoms with Crippen LogP contribution in [0.15, 0.2) is 11.6 Å². The zero-order valence-electron chi connectivity index (χ0n) is 16.9. The fraction of sp³-hybridized carbons (Fsp3) is 0.778. The molecule has 0 bridgehead atoms. The Kier molecular flexibility index (Phi) is 11.5. The van der Waals surface area contributed by atoms with E-state index < -0.39 is 25.0 Å².